The van der Waals surface area contributed by atoms with Gasteiger partial charge < -0.3 is 9.47 Å². The van der Waals surface area contributed by atoms with E-state index in [0.29, 0.717) is 24.3 Å². The molecule has 1 heterocycles. The van der Waals surface area contributed by atoms with E-state index in [1.807, 2.05) is 13.8 Å². The van der Waals surface area contributed by atoms with Crippen LogP contribution in [0, 0.1) is 29.1 Å². The number of rotatable bonds is 17. The summed E-state index contributed by atoms with van der Waals surface area (Å²) in [4.78, 5) is 3.98. The molecule has 0 radical (unpaired) electrons. The van der Waals surface area contributed by atoms with Gasteiger partial charge in [-0.05, 0) is 62.0 Å². The highest BCUT2D eigenvalue weighted by Crippen LogP contribution is 2.47. The maximum atomic E-state index is 14.1. The minimum Gasteiger partial charge on any atom is -0.489 e. The molecule has 0 spiro atoms. The van der Waals surface area contributed by atoms with Gasteiger partial charge in [-0.25, -0.2) is 4.98 Å². The molecule has 0 aliphatic rings. The lowest BCUT2D eigenvalue weighted by Crippen LogP contribution is -2.38. The summed E-state index contributed by atoms with van der Waals surface area (Å²) in [6.07, 6.45) is 9.68. The fraction of sp³-hybridized carbons (Fsp3) is 0.821. The van der Waals surface area contributed by atoms with Crippen molar-refractivity contribution in [3.8, 4) is 5.75 Å². The Morgan fingerprint density at radius 2 is 1.34 bits per heavy atom. The second-order valence-electron chi connectivity index (χ2n) is 10.3. The van der Waals surface area contributed by atoms with Crippen LogP contribution in [-0.4, -0.2) is 18.2 Å². The molecular formula is C28H50FNO2. The molecule has 0 N–H and O–H groups in total. The van der Waals surface area contributed by atoms with Gasteiger partial charge in [-0.1, -0.05) is 80.1 Å². The minimum absolute atomic E-state index is 0.207. The van der Waals surface area contributed by atoms with Gasteiger partial charge in [-0.2, -0.15) is 4.39 Å². The van der Waals surface area contributed by atoms with Gasteiger partial charge in [0.25, 0.3) is 5.95 Å². The third kappa shape index (κ3) is 8.65. The summed E-state index contributed by atoms with van der Waals surface area (Å²) in [5.41, 5.74) is 1.06. The zero-order valence-corrected chi connectivity index (χ0v) is 22.2. The molecule has 0 fully saturated rings. The van der Waals surface area contributed by atoms with Gasteiger partial charge in [0.2, 0.25) is 0 Å². The lowest BCUT2D eigenvalue weighted by atomic mass is 9.60. The van der Waals surface area contributed by atoms with Crippen LogP contribution < -0.4 is 4.74 Å². The number of hydrogen-bond acceptors (Lipinski definition) is 3. The Bertz CT molecular complexity index is 608. The third-order valence-electron chi connectivity index (χ3n) is 7.41. The summed E-state index contributed by atoms with van der Waals surface area (Å²) >= 11 is 0. The van der Waals surface area contributed by atoms with E-state index in [1.165, 1.54) is 38.5 Å². The van der Waals surface area contributed by atoms with E-state index in [2.05, 4.69) is 46.5 Å². The van der Waals surface area contributed by atoms with Crippen molar-refractivity contribution in [2.24, 2.45) is 23.2 Å². The Morgan fingerprint density at radius 1 is 0.812 bits per heavy atom. The molecule has 1 rings (SSSR count). The van der Waals surface area contributed by atoms with E-state index in [0.717, 1.165) is 30.6 Å². The number of halogens is 1. The molecule has 1 unspecified atom stereocenters. The standard InChI is InChI=1S/C28H50FNO2/c1-9-31-24(8)25-17-18-26(27(29)30-25)32-20-16-14-12-10-11-13-15-19-28(21(2)3,22(4)5)23(6)7/h17-18,21-24H,9-16,19-20H2,1-8H3. The van der Waals surface area contributed by atoms with Crippen LogP contribution in [0.4, 0.5) is 4.39 Å². The summed E-state index contributed by atoms with van der Waals surface area (Å²) in [5, 5.41) is 0. The zero-order valence-electron chi connectivity index (χ0n) is 22.2. The molecule has 4 heteroatoms. The van der Waals surface area contributed by atoms with E-state index in [9.17, 15) is 4.39 Å². The summed E-state index contributed by atoms with van der Waals surface area (Å²) in [6, 6.07) is 3.45. The van der Waals surface area contributed by atoms with Crippen molar-refractivity contribution < 1.29 is 13.9 Å². The Morgan fingerprint density at radius 3 is 1.84 bits per heavy atom. The van der Waals surface area contributed by atoms with E-state index in [-0.39, 0.29) is 11.9 Å². The summed E-state index contributed by atoms with van der Waals surface area (Å²) in [6.45, 7) is 19.3. The highest BCUT2D eigenvalue weighted by atomic mass is 19.1. The van der Waals surface area contributed by atoms with Gasteiger partial charge in [-0.15, -0.1) is 0 Å². The van der Waals surface area contributed by atoms with Crippen molar-refractivity contribution in [2.75, 3.05) is 13.2 Å². The van der Waals surface area contributed by atoms with E-state index in [1.54, 1.807) is 12.1 Å². The van der Waals surface area contributed by atoms with Crippen LogP contribution in [0.2, 0.25) is 0 Å². The number of unbranched alkanes of at least 4 members (excludes halogenated alkanes) is 6. The zero-order chi connectivity index (χ0) is 24.1. The van der Waals surface area contributed by atoms with Crippen molar-refractivity contribution >= 4 is 0 Å². The average Bonchev–Trinajstić information content (AvgIpc) is 2.72. The number of nitrogens with zero attached hydrogens (tertiary/aromatic N) is 1. The first-order valence-corrected chi connectivity index (χ1v) is 13.1. The summed E-state index contributed by atoms with van der Waals surface area (Å²) < 4.78 is 25.2. The molecule has 186 valence electrons. The van der Waals surface area contributed by atoms with Crippen LogP contribution in [0.1, 0.15) is 119 Å². The molecule has 0 bridgehead atoms. The summed E-state index contributed by atoms with van der Waals surface area (Å²) in [7, 11) is 0. The smallest absolute Gasteiger partial charge is 0.255 e. The lowest BCUT2D eigenvalue weighted by Gasteiger charge is -2.45. The van der Waals surface area contributed by atoms with Crippen LogP contribution in [0.5, 0.6) is 5.75 Å². The van der Waals surface area contributed by atoms with Gasteiger partial charge in [0.15, 0.2) is 5.75 Å². The number of pyridine rings is 1. The highest BCUT2D eigenvalue weighted by molar-refractivity contribution is 5.22. The van der Waals surface area contributed by atoms with Crippen LogP contribution in [0.3, 0.4) is 0 Å². The van der Waals surface area contributed by atoms with Crippen LogP contribution >= 0.6 is 0 Å². The Balaban J connectivity index is 2.21. The van der Waals surface area contributed by atoms with Crippen molar-refractivity contribution in [2.45, 2.75) is 113 Å². The summed E-state index contributed by atoms with van der Waals surface area (Å²) in [5.74, 6) is 1.88. The molecule has 0 aromatic carbocycles. The largest absolute Gasteiger partial charge is 0.489 e. The number of aromatic nitrogens is 1. The average molecular weight is 452 g/mol. The third-order valence-corrected chi connectivity index (χ3v) is 7.41. The molecule has 1 aromatic rings. The van der Waals surface area contributed by atoms with Gasteiger partial charge in [0.1, 0.15) is 0 Å². The Labute approximate surface area is 197 Å². The van der Waals surface area contributed by atoms with Crippen LogP contribution in [-0.2, 0) is 4.74 Å². The Hall–Kier alpha value is -1.16. The minimum atomic E-state index is -0.547. The molecule has 0 aliphatic heterocycles. The van der Waals surface area contributed by atoms with E-state index < -0.39 is 5.95 Å². The molecule has 0 aliphatic carbocycles. The second-order valence-corrected chi connectivity index (χ2v) is 10.3. The van der Waals surface area contributed by atoms with Gasteiger partial charge >= 0.3 is 0 Å². The van der Waals surface area contributed by atoms with Crippen molar-refractivity contribution in [1.82, 2.24) is 4.98 Å². The SMILES string of the molecule is CCOC(C)c1ccc(OCCCCCCCCCC(C(C)C)(C(C)C)C(C)C)c(F)n1. The molecule has 1 aromatic heterocycles. The van der Waals surface area contributed by atoms with Crippen molar-refractivity contribution in [3.05, 3.63) is 23.8 Å². The van der Waals surface area contributed by atoms with Crippen LogP contribution in [0.25, 0.3) is 0 Å². The first-order valence-electron chi connectivity index (χ1n) is 13.1. The maximum absolute atomic E-state index is 14.1. The molecule has 1 atom stereocenters. The Kier molecular flexibility index (Phi) is 13.4. The molecule has 0 amide bonds. The topological polar surface area (TPSA) is 31.4 Å². The molecule has 3 nitrogen and oxygen atoms in total. The maximum Gasteiger partial charge on any atom is 0.255 e. The predicted octanol–water partition coefficient (Wildman–Crippen LogP) is 8.77. The molecule has 0 saturated carbocycles. The molecule has 0 saturated heterocycles. The second kappa shape index (κ2) is 14.9. The number of hydrogen-bond donors (Lipinski definition) is 0. The van der Waals surface area contributed by atoms with Crippen LogP contribution in [0.15, 0.2) is 12.1 Å². The molecular weight excluding hydrogens is 401 g/mol. The first-order chi connectivity index (χ1) is 15.2. The molecule has 32 heavy (non-hydrogen) atoms. The van der Waals surface area contributed by atoms with Gasteiger partial charge in [0.05, 0.1) is 18.4 Å². The quantitative estimate of drug-likeness (QED) is 0.175. The van der Waals surface area contributed by atoms with Gasteiger partial charge in [-0.3, -0.25) is 0 Å². The van der Waals surface area contributed by atoms with E-state index in [4.69, 9.17) is 9.47 Å². The monoisotopic (exact) mass is 451 g/mol. The first kappa shape index (κ1) is 28.9. The fourth-order valence-corrected chi connectivity index (χ4v) is 5.57. The highest BCUT2D eigenvalue weighted by Gasteiger charge is 2.39. The van der Waals surface area contributed by atoms with Crippen molar-refractivity contribution in [3.63, 3.8) is 0 Å². The number of ether oxygens (including phenoxy) is 2. The predicted molar refractivity (Wildman–Crippen MR) is 134 cm³/mol. The lowest BCUT2D eigenvalue weighted by molar-refractivity contribution is 0.0356. The van der Waals surface area contributed by atoms with Gasteiger partial charge in [0, 0.05) is 6.61 Å². The fourth-order valence-electron chi connectivity index (χ4n) is 5.57. The van der Waals surface area contributed by atoms with Crippen molar-refractivity contribution in [1.29, 1.82) is 0 Å². The van der Waals surface area contributed by atoms with E-state index >= 15 is 0 Å². The normalized spacial score (nSPS) is 13.4.